The molecule has 8 unspecified atom stereocenters. The van der Waals surface area contributed by atoms with Crippen molar-refractivity contribution in [1.29, 1.82) is 0 Å². The van der Waals surface area contributed by atoms with E-state index >= 15 is 0 Å². The molecule has 9 atom stereocenters. The summed E-state index contributed by atoms with van der Waals surface area (Å²) >= 11 is 0. The molecule has 0 amide bonds. The molecule has 6 rings (SSSR count). The third-order valence-corrected chi connectivity index (χ3v) is 10.2. The molecule has 2 aliphatic heterocycles. The van der Waals surface area contributed by atoms with Gasteiger partial charge in [0.1, 0.15) is 5.78 Å². The van der Waals surface area contributed by atoms with E-state index < -0.39 is 0 Å². The molecule has 0 aromatic heterocycles. The Balaban J connectivity index is 1.44. The van der Waals surface area contributed by atoms with Crippen LogP contribution in [0, 0.1) is 34.0 Å². The number of ether oxygens (including phenoxy) is 1. The molecule has 6 aliphatic rings. The third kappa shape index (κ3) is 1.28. The first-order valence-electron chi connectivity index (χ1n) is 10.3. The number of hydrogen-bond donors (Lipinski definition) is 1. The summed E-state index contributed by atoms with van der Waals surface area (Å²) in [6.07, 6.45) is 9.82. The van der Waals surface area contributed by atoms with Crippen LogP contribution in [-0.4, -0.2) is 28.7 Å². The first kappa shape index (κ1) is 14.7. The molecule has 1 N–H and O–H groups in total. The van der Waals surface area contributed by atoms with E-state index in [1.54, 1.807) is 0 Å². The quantitative estimate of drug-likeness (QED) is 0.740. The van der Waals surface area contributed by atoms with Crippen LogP contribution in [0.15, 0.2) is 0 Å². The zero-order chi connectivity index (χ0) is 16.5. The lowest BCUT2D eigenvalue weighted by Gasteiger charge is -2.52. The molecular formula is C21H30O3. The summed E-state index contributed by atoms with van der Waals surface area (Å²) in [5.74, 6) is 2.49. The summed E-state index contributed by atoms with van der Waals surface area (Å²) < 4.78 is 6.83. The van der Waals surface area contributed by atoms with Crippen LogP contribution in [0.4, 0.5) is 0 Å². The molecular weight excluding hydrogens is 300 g/mol. The lowest BCUT2D eigenvalue weighted by Crippen LogP contribution is -2.51. The minimum atomic E-state index is -0.137. The SMILES string of the molecule is CC12CCC3C(CC4OC35CC53CCC(O)C[C@]43C)C1CCC2=O. The van der Waals surface area contributed by atoms with Gasteiger partial charge < -0.3 is 9.84 Å². The van der Waals surface area contributed by atoms with Gasteiger partial charge in [-0.2, -0.15) is 0 Å². The Morgan fingerprint density at radius 2 is 1.96 bits per heavy atom. The van der Waals surface area contributed by atoms with Crippen molar-refractivity contribution in [3.8, 4) is 0 Å². The topological polar surface area (TPSA) is 46.5 Å². The number of hydrogen-bond acceptors (Lipinski definition) is 3. The molecule has 2 bridgehead atoms. The van der Waals surface area contributed by atoms with Crippen molar-refractivity contribution < 1.29 is 14.6 Å². The largest absolute Gasteiger partial charge is 0.393 e. The van der Waals surface area contributed by atoms with Gasteiger partial charge in [-0.25, -0.2) is 0 Å². The number of Topliss-reactive ketones (excluding diaryl/α,β-unsaturated/α-hetero) is 1. The Morgan fingerprint density at radius 1 is 1.12 bits per heavy atom. The highest BCUT2D eigenvalue weighted by Crippen LogP contribution is 2.86. The van der Waals surface area contributed by atoms with E-state index in [4.69, 9.17) is 4.74 Å². The highest BCUT2D eigenvalue weighted by Gasteiger charge is 2.87. The van der Waals surface area contributed by atoms with Gasteiger partial charge in [-0.1, -0.05) is 13.8 Å². The van der Waals surface area contributed by atoms with E-state index in [1.807, 2.05) is 0 Å². The Hall–Kier alpha value is -0.410. The van der Waals surface area contributed by atoms with Gasteiger partial charge in [-0.15, -0.1) is 0 Å². The maximum atomic E-state index is 12.6. The summed E-state index contributed by atoms with van der Waals surface area (Å²) in [6, 6.07) is 0. The summed E-state index contributed by atoms with van der Waals surface area (Å²) in [5.41, 5.74) is 0.589. The number of ketones is 1. The minimum absolute atomic E-state index is 0.0395. The van der Waals surface area contributed by atoms with Gasteiger partial charge in [-0.05, 0) is 69.1 Å². The lowest BCUT2D eigenvalue weighted by atomic mass is 9.57. The molecule has 6 fully saturated rings. The van der Waals surface area contributed by atoms with Crippen LogP contribution in [0.1, 0.15) is 71.6 Å². The highest BCUT2D eigenvalue weighted by atomic mass is 16.5. The van der Waals surface area contributed by atoms with Gasteiger partial charge in [-0.3, -0.25) is 4.79 Å². The standard InChI is InChI=1S/C21H30O3/c1-18-7-6-15-13(14(18)3-4-16(18)23)9-17-19(2)10-12(22)5-8-20(19)11-21(15,20)24-17/h12-15,17,22H,3-11H2,1-2H3/t12?,13?,14?,15?,17?,18?,19-,20?,21?/m1/s1. The lowest BCUT2D eigenvalue weighted by molar-refractivity contribution is -0.164. The Kier molecular flexibility index (Phi) is 2.43. The van der Waals surface area contributed by atoms with Gasteiger partial charge in [0.15, 0.2) is 0 Å². The van der Waals surface area contributed by atoms with Crippen molar-refractivity contribution in [2.75, 3.05) is 0 Å². The van der Waals surface area contributed by atoms with Crippen LogP contribution < -0.4 is 0 Å². The molecule has 2 heterocycles. The highest BCUT2D eigenvalue weighted by molar-refractivity contribution is 5.87. The Labute approximate surface area is 144 Å². The van der Waals surface area contributed by atoms with Crippen molar-refractivity contribution in [3.63, 3.8) is 0 Å². The molecule has 3 nitrogen and oxygen atoms in total. The maximum Gasteiger partial charge on any atom is 0.139 e. The molecule has 4 saturated carbocycles. The molecule has 24 heavy (non-hydrogen) atoms. The number of carbonyl (C=O) groups excluding carboxylic acids is 1. The Morgan fingerprint density at radius 3 is 2.79 bits per heavy atom. The second-order valence-electron chi connectivity index (χ2n) is 10.6. The Bertz CT molecular complexity index is 645. The fraction of sp³-hybridized carbons (Fsp3) is 0.952. The average molecular weight is 330 g/mol. The first-order chi connectivity index (χ1) is 11.4. The van der Waals surface area contributed by atoms with Gasteiger partial charge in [0.05, 0.1) is 17.8 Å². The van der Waals surface area contributed by atoms with Gasteiger partial charge in [0.2, 0.25) is 0 Å². The van der Waals surface area contributed by atoms with E-state index in [9.17, 15) is 9.90 Å². The van der Waals surface area contributed by atoms with Crippen LogP contribution in [0.3, 0.4) is 0 Å². The number of fused-ring (bicyclic) bond motifs is 5. The smallest absolute Gasteiger partial charge is 0.139 e. The predicted octanol–water partition coefficient (Wildman–Crippen LogP) is 3.48. The van der Waals surface area contributed by atoms with E-state index in [-0.39, 0.29) is 22.5 Å². The van der Waals surface area contributed by atoms with Crippen molar-refractivity contribution in [1.82, 2.24) is 0 Å². The summed E-state index contributed by atoms with van der Waals surface area (Å²) in [4.78, 5) is 12.6. The minimum Gasteiger partial charge on any atom is -0.393 e. The normalized spacial score (nSPS) is 66.5. The molecule has 0 radical (unpaired) electrons. The zero-order valence-electron chi connectivity index (χ0n) is 15.0. The average Bonchev–Trinajstić information content (AvgIpc) is 3.01. The van der Waals surface area contributed by atoms with Crippen molar-refractivity contribution >= 4 is 5.78 Å². The van der Waals surface area contributed by atoms with Crippen LogP contribution in [0.2, 0.25) is 0 Å². The van der Waals surface area contributed by atoms with E-state index in [2.05, 4.69) is 13.8 Å². The maximum absolute atomic E-state index is 12.6. The van der Waals surface area contributed by atoms with Gasteiger partial charge in [0, 0.05) is 22.7 Å². The molecule has 0 aromatic carbocycles. The van der Waals surface area contributed by atoms with Crippen LogP contribution in [0.5, 0.6) is 0 Å². The van der Waals surface area contributed by atoms with Crippen molar-refractivity contribution in [2.24, 2.45) is 34.0 Å². The van der Waals surface area contributed by atoms with Crippen LogP contribution in [0.25, 0.3) is 0 Å². The fourth-order valence-corrected chi connectivity index (χ4v) is 8.95. The molecule has 132 valence electrons. The number of aliphatic hydroxyl groups is 1. The molecule has 3 heteroatoms. The summed E-state index contributed by atoms with van der Waals surface area (Å²) in [5, 5.41) is 10.4. The summed E-state index contributed by atoms with van der Waals surface area (Å²) in [7, 11) is 0. The van der Waals surface area contributed by atoms with E-state index in [0.717, 1.165) is 44.9 Å². The first-order valence-corrected chi connectivity index (χ1v) is 10.3. The molecule has 4 aliphatic carbocycles. The van der Waals surface area contributed by atoms with Crippen LogP contribution in [-0.2, 0) is 9.53 Å². The second kappa shape index (κ2) is 3.96. The number of carbonyl (C=O) groups is 1. The van der Waals surface area contributed by atoms with Gasteiger partial charge in [0.25, 0.3) is 0 Å². The zero-order valence-corrected chi connectivity index (χ0v) is 15.0. The van der Waals surface area contributed by atoms with Gasteiger partial charge >= 0.3 is 0 Å². The number of aliphatic hydroxyl groups excluding tert-OH is 1. The van der Waals surface area contributed by atoms with E-state index in [1.165, 1.54) is 12.8 Å². The monoisotopic (exact) mass is 330 g/mol. The molecule has 0 aromatic rings. The fourth-order valence-electron chi connectivity index (χ4n) is 8.95. The predicted molar refractivity (Wildman–Crippen MR) is 89.3 cm³/mol. The summed E-state index contributed by atoms with van der Waals surface area (Å²) in [6.45, 7) is 4.69. The number of rotatable bonds is 0. The second-order valence-corrected chi connectivity index (χ2v) is 10.6. The molecule has 2 saturated heterocycles. The van der Waals surface area contributed by atoms with E-state index in [0.29, 0.717) is 35.1 Å². The van der Waals surface area contributed by atoms with Crippen LogP contribution >= 0.6 is 0 Å². The van der Waals surface area contributed by atoms with Crippen molar-refractivity contribution in [2.45, 2.75) is 89.4 Å². The third-order valence-electron chi connectivity index (χ3n) is 10.2. The van der Waals surface area contributed by atoms with Crippen molar-refractivity contribution in [3.05, 3.63) is 0 Å². The molecule has 2 spiro atoms.